The molecule has 0 saturated heterocycles. The molecule has 0 N–H and O–H groups in total. The highest BCUT2D eigenvalue weighted by Crippen LogP contribution is 2.37. The number of azo groups is 1. The summed E-state index contributed by atoms with van der Waals surface area (Å²) in [4.78, 5) is 23.3. The van der Waals surface area contributed by atoms with Crippen molar-refractivity contribution < 1.29 is 0 Å². The van der Waals surface area contributed by atoms with Crippen LogP contribution >= 0.6 is 22.9 Å². The van der Waals surface area contributed by atoms with Crippen LogP contribution in [0.3, 0.4) is 0 Å². The first-order valence-electron chi connectivity index (χ1n) is 9.98. The Morgan fingerprint density at radius 2 is 1.69 bits per heavy atom. The summed E-state index contributed by atoms with van der Waals surface area (Å²) in [6.07, 6.45) is 1.55. The van der Waals surface area contributed by atoms with Crippen LogP contribution in [0.4, 0.5) is 11.4 Å². The second-order valence-electron chi connectivity index (χ2n) is 7.56. The third-order valence-corrected chi connectivity index (χ3v) is 6.64. The second kappa shape index (κ2) is 7.93. The second-order valence-corrected chi connectivity index (χ2v) is 9.00. The molecule has 158 valence electrons. The number of hydrogen-bond acceptors (Lipinski definition) is 6. The van der Waals surface area contributed by atoms with Crippen molar-refractivity contribution in [3.8, 4) is 5.69 Å². The van der Waals surface area contributed by atoms with Gasteiger partial charge >= 0.3 is 0 Å². The van der Waals surface area contributed by atoms with Gasteiger partial charge in [0.1, 0.15) is 21.5 Å². The fourth-order valence-corrected chi connectivity index (χ4v) is 4.91. The van der Waals surface area contributed by atoms with E-state index in [-0.39, 0.29) is 5.56 Å². The summed E-state index contributed by atoms with van der Waals surface area (Å²) in [5.41, 5.74) is 5.51. The highest BCUT2D eigenvalue weighted by Gasteiger charge is 2.18. The van der Waals surface area contributed by atoms with Crippen molar-refractivity contribution in [3.05, 3.63) is 87.1 Å². The van der Waals surface area contributed by atoms with E-state index in [0.717, 1.165) is 27.2 Å². The number of fused-ring (bicyclic) bond motifs is 3. The minimum absolute atomic E-state index is 0.139. The van der Waals surface area contributed by atoms with Gasteiger partial charge in [0.2, 0.25) is 0 Å². The fourth-order valence-electron chi connectivity index (χ4n) is 3.62. The Bertz CT molecular complexity index is 1570. The molecule has 0 spiro atoms. The van der Waals surface area contributed by atoms with Gasteiger partial charge in [0, 0.05) is 10.4 Å². The predicted molar refractivity (Wildman–Crippen MR) is 130 cm³/mol. The van der Waals surface area contributed by atoms with Gasteiger partial charge in [0.25, 0.3) is 5.56 Å². The van der Waals surface area contributed by atoms with E-state index < -0.39 is 0 Å². The molecule has 0 radical (unpaired) electrons. The monoisotopic (exact) mass is 459 g/mol. The molecule has 2 aromatic carbocycles. The maximum atomic E-state index is 13.2. The smallest absolute Gasteiger partial charge is 0.267 e. The topological polar surface area (TPSA) is 72.5 Å². The predicted octanol–water partition coefficient (Wildman–Crippen LogP) is 6.99. The number of aromatic nitrogens is 3. The molecule has 0 bridgehead atoms. The molecule has 0 unspecified atom stereocenters. The average Bonchev–Trinajstić information content (AvgIpc) is 3.15. The van der Waals surface area contributed by atoms with Gasteiger partial charge in [-0.05, 0) is 62.7 Å². The molecule has 5 rings (SSSR count). The summed E-state index contributed by atoms with van der Waals surface area (Å²) < 4.78 is 2.08. The molecule has 0 fully saturated rings. The average molecular weight is 460 g/mol. The van der Waals surface area contributed by atoms with Crippen LogP contribution in [0.2, 0.25) is 5.02 Å². The molecule has 32 heavy (non-hydrogen) atoms. The molecule has 6 nitrogen and oxygen atoms in total. The lowest BCUT2D eigenvalue weighted by molar-refractivity contribution is 0.967. The fraction of sp³-hybridized carbons (Fsp3) is 0.125. The normalized spacial score (nSPS) is 11.8. The van der Waals surface area contributed by atoms with Crippen molar-refractivity contribution in [2.45, 2.75) is 20.8 Å². The summed E-state index contributed by atoms with van der Waals surface area (Å²) in [5.74, 6) is 0. The number of aryl methyl sites for hydroxylation is 3. The number of benzene rings is 2. The van der Waals surface area contributed by atoms with E-state index in [1.54, 1.807) is 30.6 Å². The van der Waals surface area contributed by atoms with Crippen LogP contribution < -0.4 is 5.56 Å². The third kappa shape index (κ3) is 3.49. The van der Waals surface area contributed by atoms with Crippen LogP contribution in [0, 0.1) is 20.8 Å². The zero-order chi connectivity index (χ0) is 22.4. The van der Waals surface area contributed by atoms with Crippen molar-refractivity contribution in [2.75, 3.05) is 0 Å². The van der Waals surface area contributed by atoms with Crippen molar-refractivity contribution in [1.29, 1.82) is 0 Å². The molecule has 0 aliphatic heterocycles. The Labute approximate surface area is 192 Å². The number of thiophene rings is 1. The van der Waals surface area contributed by atoms with Gasteiger partial charge in [-0.3, -0.25) is 9.36 Å². The summed E-state index contributed by atoms with van der Waals surface area (Å²) in [7, 11) is 0. The highest BCUT2D eigenvalue weighted by molar-refractivity contribution is 7.25. The van der Waals surface area contributed by atoms with Gasteiger partial charge in [-0.15, -0.1) is 16.5 Å². The summed E-state index contributed by atoms with van der Waals surface area (Å²) in [5, 5.41) is 10.3. The molecule has 0 atom stereocenters. The van der Waals surface area contributed by atoms with Gasteiger partial charge < -0.3 is 0 Å². The molecule has 0 saturated carbocycles. The van der Waals surface area contributed by atoms with Gasteiger partial charge in [0.15, 0.2) is 0 Å². The van der Waals surface area contributed by atoms with E-state index in [9.17, 15) is 4.79 Å². The van der Waals surface area contributed by atoms with E-state index in [2.05, 4.69) is 15.2 Å². The third-order valence-electron chi connectivity index (χ3n) is 5.33. The lowest BCUT2D eigenvalue weighted by Gasteiger charge is -2.06. The standard InChI is InChI=1S/C24H18ClN5OS/c1-13-4-8-17(9-5-13)28-29-20-14(2)19-21-22(32-23(19)27-15(20)3)24(31)30(12-26-21)18-10-6-16(25)7-11-18/h4-12H,1-3H3. The van der Waals surface area contributed by atoms with E-state index in [1.807, 2.05) is 45.0 Å². The molecule has 5 aromatic rings. The van der Waals surface area contributed by atoms with Crippen LogP contribution in [0.5, 0.6) is 0 Å². The van der Waals surface area contributed by atoms with Gasteiger partial charge in [-0.25, -0.2) is 9.97 Å². The largest absolute Gasteiger partial charge is 0.275 e. The molecule has 0 aliphatic rings. The van der Waals surface area contributed by atoms with E-state index >= 15 is 0 Å². The van der Waals surface area contributed by atoms with Crippen LogP contribution in [0.15, 0.2) is 69.9 Å². The molecule has 8 heteroatoms. The molecular formula is C24H18ClN5OS. The summed E-state index contributed by atoms with van der Waals surface area (Å²) in [6.45, 7) is 5.90. The first kappa shape index (κ1) is 20.5. The molecular weight excluding hydrogens is 442 g/mol. The molecule has 0 amide bonds. The van der Waals surface area contributed by atoms with Crippen LogP contribution in [0.25, 0.3) is 26.1 Å². The lowest BCUT2D eigenvalue weighted by atomic mass is 10.1. The first-order valence-corrected chi connectivity index (χ1v) is 11.2. The molecule has 3 aromatic heterocycles. The van der Waals surface area contributed by atoms with Crippen LogP contribution in [0.1, 0.15) is 16.8 Å². The quantitative estimate of drug-likeness (QED) is 0.273. The minimum Gasteiger partial charge on any atom is -0.267 e. The zero-order valence-electron chi connectivity index (χ0n) is 17.6. The number of pyridine rings is 1. The Balaban J connectivity index is 1.67. The van der Waals surface area contributed by atoms with E-state index in [0.29, 0.717) is 26.6 Å². The Morgan fingerprint density at radius 1 is 0.969 bits per heavy atom. The maximum absolute atomic E-state index is 13.2. The van der Waals surface area contributed by atoms with Gasteiger partial charge in [-0.1, -0.05) is 29.3 Å². The van der Waals surface area contributed by atoms with E-state index in [4.69, 9.17) is 16.6 Å². The van der Waals surface area contributed by atoms with Gasteiger partial charge in [0.05, 0.1) is 22.6 Å². The van der Waals surface area contributed by atoms with E-state index in [1.165, 1.54) is 21.5 Å². The van der Waals surface area contributed by atoms with Gasteiger partial charge in [-0.2, -0.15) is 5.11 Å². The minimum atomic E-state index is -0.139. The SMILES string of the molecule is Cc1ccc(N=Nc2c(C)nc3sc4c(=O)n(-c5ccc(Cl)cc5)cnc4c3c2C)cc1. The number of nitrogens with zero attached hydrogens (tertiary/aromatic N) is 5. The van der Waals surface area contributed by atoms with Crippen molar-refractivity contribution in [2.24, 2.45) is 10.2 Å². The number of hydrogen-bond donors (Lipinski definition) is 0. The first-order chi connectivity index (χ1) is 15.4. The Kier molecular flexibility index (Phi) is 5.07. The van der Waals surface area contributed by atoms with Crippen LogP contribution in [-0.2, 0) is 0 Å². The van der Waals surface area contributed by atoms with Crippen molar-refractivity contribution >= 4 is 54.7 Å². The van der Waals surface area contributed by atoms with Crippen LogP contribution in [-0.4, -0.2) is 14.5 Å². The maximum Gasteiger partial charge on any atom is 0.275 e. The number of rotatable bonds is 3. The molecule has 0 aliphatic carbocycles. The van der Waals surface area contributed by atoms with Crippen molar-refractivity contribution in [3.63, 3.8) is 0 Å². The zero-order valence-corrected chi connectivity index (χ0v) is 19.2. The highest BCUT2D eigenvalue weighted by atomic mass is 35.5. The Morgan fingerprint density at radius 3 is 2.41 bits per heavy atom. The summed E-state index contributed by atoms with van der Waals surface area (Å²) in [6, 6.07) is 14.9. The number of halogens is 1. The Hall–Kier alpha value is -3.42. The molecule has 3 heterocycles. The van der Waals surface area contributed by atoms with Crippen molar-refractivity contribution in [1.82, 2.24) is 14.5 Å². The summed E-state index contributed by atoms with van der Waals surface area (Å²) >= 11 is 7.33. The lowest BCUT2D eigenvalue weighted by Crippen LogP contribution is -2.17.